The van der Waals surface area contributed by atoms with Crippen molar-refractivity contribution in [3.05, 3.63) is 45.2 Å². The maximum absolute atomic E-state index is 12.3. The number of fused-ring (bicyclic) bond motifs is 2. The molecule has 1 aliphatic rings. The Kier molecular flexibility index (Phi) is 4.95. The molecule has 0 bridgehead atoms. The largest absolute Gasteiger partial charge is 0.410 e. The number of nitrogens with zero attached hydrogens (tertiary/aromatic N) is 2. The first-order valence-electron chi connectivity index (χ1n) is 9.63. The maximum Gasteiger partial charge on any atom is 0.323 e. The number of thiophene rings is 1. The second kappa shape index (κ2) is 7.77. The van der Waals surface area contributed by atoms with Crippen molar-refractivity contribution in [3.8, 4) is 10.8 Å². The molecule has 8 nitrogen and oxygen atoms in total. The summed E-state index contributed by atoms with van der Waals surface area (Å²) in [5.41, 5.74) is 3.04. The number of rotatable bonds is 5. The van der Waals surface area contributed by atoms with E-state index >= 15 is 0 Å². The zero-order valence-electron chi connectivity index (χ0n) is 16.2. The molecule has 1 aliphatic carbocycles. The number of hydrogen-bond acceptors (Lipinski definition) is 7. The standard InChI is InChI=1S/C20H19N5O3S2/c1-10-2-5-15-11(6-10)7-16(30-15)18-24-25-20(28-18)29-9-17(26)21-12-3-4-13-14(8-12)23-19(27)22-13/h3-4,7-8,10H,2,5-6,9H2,1H3,(H,21,26)(H2,22,23,27)/t10-/m1/s1. The van der Waals surface area contributed by atoms with Gasteiger partial charge in [-0.15, -0.1) is 21.5 Å². The lowest BCUT2D eigenvalue weighted by atomic mass is 9.90. The monoisotopic (exact) mass is 441 g/mol. The number of aryl methyl sites for hydroxylation is 1. The molecule has 0 unspecified atom stereocenters. The Labute approximate surface area is 179 Å². The van der Waals surface area contributed by atoms with Gasteiger partial charge in [0.05, 0.1) is 21.7 Å². The first-order chi connectivity index (χ1) is 14.5. The minimum absolute atomic E-state index is 0.141. The number of H-pyrrole nitrogens is 2. The van der Waals surface area contributed by atoms with E-state index in [1.807, 2.05) is 0 Å². The predicted octanol–water partition coefficient (Wildman–Crippen LogP) is 3.82. The van der Waals surface area contributed by atoms with Gasteiger partial charge in [-0.05, 0) is 55.0 Å². The van der Waals surface area contributed by atoms with Crippen LogP contribution in [-0.4, -0.2) is 31.8 Å². The third-order valence-electron chi connectivity index (χ3n) is 5.07. The Balaban J connectivity index is 1.21. The summed E-state index contributed by atoms with van der Waals surface area (Å²) in [6.07, 6.45) is 3.43. The number of thioether (sulfide) groups is 1. The topological polar surface area (TPSA) is 117 Å². The van der Waals surface area contributed by atoms with Crippen LogP contribution in [0.4, 0.5) is 5.69 Å². The number of nitrogens with one attached hydrogen (secondary N) is 3. The van der Waals surface area contributed by atoms with Gasteiger partial charge < -0.3 is 19.7 Å². The van der Waals surface area contributed by atoms with Crippen molar-refractivity contribution in [2.45, 2.75) is 31.4 Å². The van der Waals surface area contributed by atoms with Crippen molar-refractivity contribution in [1.82, 2.24) is 20.2 Å². The van der Waals surface area contributed by atoms with Crippen LogP contribution < -0.4 is 11.0 Å². The fourth-order valence-corrected chi connectivity index (χ4v) is 5.31. The number of aromatic nitrogens is 4. The number of carbonyl (C=O) groups excluding carboxylic acids is 1. The molecule has 1 atom stereocenters. The lowest BCUT2D eigenvalue weighted by Crippen LogP contribution is -2.13. The van der Waals surface area contributed by atoms with Crippen molar-refractivity contribution >= 4 is 45.7 Å². The molecular weight excluding hydrogens is 422 g/mol. The van der Waals surface area contributed by atoms with Crippen molar-refractivity contribution in [2.24, 2.45) is 5.92 Å². The van der Waals surface area contributed by atoms with E-state index in [4.69, 9.17) is 4.42 Å². The highest BCUT2D eigenvalue weighted by Crippen LogP contribution is 2.37. The van der Waals surface area contributed by atoms with Gasteiger partial charge in [0.25, 0.3) is 11.1 Å². The van der Waals surface area contributed by atoms with Crippen molar-refractivity contribution in [2.75, 3.05) is 11.1 Å². The molecule has 0 saturated carbocycles. The molecule has 0 radical (unpaired) electrons. The molecule has 0 saturated heterocycles. The van der Waals surface area contributed by atoms with Gasteiger partial charge >= 0.3 is 5.69 Å². The molecule has 0 fully saturated rings. The van der Waals surface area contributed by atoms with E-state index in [2.05, 4.69) is 38.5 Å². The number of imidazole rings is 1. The second-order valence-corrected chi connectivity index (χ2v) is 9.52. The van der Waals surface area contributed by atoms with Crippen LogP contribution >= 0.6 is 23.1 Å². The smallest absolute Gasteiger partial charge is 0.323 e. The van der Waals surface area contributed by atoms with Crippen molar-refractivity contribution in [3.63, 3.8) is 0 Å². The summed E-state index contributed by atoms with van der Waals surface area (Å²) in [6.45, 7) is 2.28. The average Bonchev–Trinajstić information content (AvgIpc) is 3.42. The van der Waals surface area contributed by atoms with E-state index in [1.54, 1.807) is 29.5 Å². The van der Waals surface area contributed by atoms with Crippen LogP contribution in [0.1, 0.15) is 23.8 Å². The van der Waals surface area contributed by atoms with Crippen molar-refractivity contribution < 1.29 is 9.21 Å². The number of carbonyl (C=O) groups is 1. The molecule has 1 amide bonds. The molecular formula is C20H19N5O3S2. The van der Waals surface area contributed by atoms with Gasteiger partial charge in [0.1, 0.15) is 0 Å². The first kappa shape index (κ1) is 19.1. The van der Waals surface area contributed by atoms with Gasteiger partial charge in [0.15, 0.2) is 0 Å². The molecule has 30 heavy (non-hydrogen) atoms. The first-order valence-corrected chi connectivity index (χ1v) is 11.4. The van der Waals surface area contributed by atoms with Crippen LogP contribution in [0.3, 0.4) is 0 Å². The Morgan fingerprint density at radius 2 is 2.17 bits per heavy atom. The Morgan fingerprint density at radius 1 is 1.30 bits per heavy atom. The van der Waals surface area contributed by atoms with Crippen LogP contribution in [0.25, 0.3) is 21.8 Å². The highest BCUT2D eigenvalue weighted by atomic mass is 32.2. The van der Waals surface area contributed by atoms with Gasteiger partial charge in [-0.1, -0.05) is 18.7 Å². The van der Waals surface area contributed by atoms with E-state index in [0.717, 1.165) is 17.7 Å². The molecule has 3 N–H and O–H groups in total. The van der Waals surface area contributed by atoms with Gasteiger partial charge in [0.2, 0.25) is 5.91 Å². The maximum atomic E-state index is 12.3. The summed E-state index contributed by atoms with van der Waals surface area (Å²) in [6, 6.07) is 7.34. The fraction of sp³-hybridized carbons (Fsp3) is 0.300. The summed E-state index contributed by atoms with van der Waals surface area (Å²) >= 11 is 2.91. The summed E-state index contributed by atoms with van der Waals surface area (Å²) in [5.74, 6) is 1.16. The summed E-state index contributed by atoms with van der Waals surface area (Å²) in [7, 11) is 0. The Hall–Kier alpha value is -2.85. The molecule has 5 rings (SSSR count). The van der Waals surface area contributed by atoms with E-state index in [-0.39, 0.29) is 17.3 Å². The van der Waals surface area contributed by atoms with Crippen LogP contribution in [-0.2, 0) is 17.6 Å². The number of aromatic amines is 2. The highest BCUT2D eigenvalue weighted by molar-refractivity contribution is 7.99. The molecule has 154 valence electrons. The van der Waals surface area contributed by atoms with Crippen LogP contribution in [0.5, 0.6) is 0 Å². The van der Waals surface area contributed by atoms with Gasteiger partial charge in [-0.3, -0.25) is 4.79 Å². The fourth-order valence-electron chi connectivity index (χ4n) is 3.61. The molecule has 0 spiro atoms. The summed E-state index contributed by atoms with van der Waals surface area (Å²) in [5, 5.41) is 11.4. The van der Waals surface area contributed by atoms with Gasteiger partial charge in [-0.2, -0.15) is 0 Å². The van der Waals surface area contributed by atoms with Gasteiger partial charge in [-0.25, -0.2) is 4.79 Å². The lowest BCUT2D eigenvalue weighted by molar-refractivity contribution is -0.113. The Bertz CT molecular complexity index is 1290. The summed E-state index contributed by atoms with van der Waals surface area (Å²) in [4.78, 5) is 31.3. The number of amides is 1. The molecule has 1 aromatic carbocycles. The number of benzene rings is 1. The summed E-state index contributed by atoms with van der Waals surface area (Å²) < 4.78 is 5.76. The van der Waals surface area contributed by atoms with E-state index < -0.39 is 0 Å². The zero-order valence-corrected chi connectivity index (χ0v) is 17.8. The molecule has 0 aliphatic heterocycles. The molecule has 4 aromatic rings. The number of hydrogen-bond donors (Lipinski definition) is 3. The normalized spacial score (nSPS) is 16.0. The SMILES string of the molecule is C[C@@H]1CCc2sc(-c3nnc(SCC(=O)Nc4ccc5[nH]c(=O)[nH]c5c4)o3)cc2C1. The van der Waals surface area contributed by atoms with E-state index in [9.17, 15) is 9.59 Å². The number of anilines is 1. The molecule has 3 aromatic heterocycles. The third kappa shape index (κ3) is 3.92. The minimum atomic E-state index is -0.280. The van der Waals surface area contributed by atoms with E-state index in [1.165, 1.54) is 28.6 Å². The zero-order chi connectivity index (χ0) is 20.7. The van der Waals surface area contributed by atoms with Crippen molar-refractivity contribution in [1.29, 1.82) is 0 Å². The van der Waals surface area contributed by atoms with Crippen LogP contribution in [0.2, 0.25) is 0 Å². The minimum Gasteiger partial charge on any atom is -0.410 e. The predicted molar refractivity (Wildman–Crippen MR) is 117 cm³/mol. The average molecular weight is 442 g/mol. The third-order valence-corrected chi connectivity index (χ3v) is 7.12. The quantitative estimate of drug-likeness (QED) is 0.405. The van der Waals surface area contributed by atoms with Gasteiger partial charge in [0, 0.05) is 10.6 Å². The second-order valence-electron chi connectivity index (χ2n) is 7.46. The highest BCUT2D eigenvalue weighted by Gasteiger charge is 2.21. The molecule has 10 heteroatoms. The van der Waals surface area contributed by atoms with Crippen LogP contribution in [0.15, 0.2) is 38.7 Å². The Morgan fingerprint density at radius 3 is 3.07 bits per heavy atom. The van der Waals surface area contributed by atoms with E-state index in [0.29, 0.717) is 33.8 Å². The lowest BCUT2D eigenvalue weighted by Gasteiger charge is -2.16. The molecule has 3 heterocycles. The van der Waals surface area contributed by atoms with Crippen LogP contribution in [0, 0.1) is 5.92 Å².